The van der Waals surface area contributed by atoms with Crippen molar-refractivity contribution in [1.82, 2.24) is 19.9 Å². The van der Waals surface area contributed by atoms with Crippen LogP contribution in [0.4, 0.5) is 5.13 Å². The van der Waals surface area contributed by atoms with E-state index in [9.17, 15) is 4.79 Å². The Morgan fingerprint density at radius 1 is 1.00 bits per heavy atom. The molecule has 5 rings (SSSR count). The molecule has 0 saturated heterocycles. The molecule has 34 heavy (non-hydrogen) atoms. The molecular formula is C24H15Cl2N5O2S. The van der Waals surface area contributed by atoms with E-state index in [1.807, 2.05) is 24.3 Å². The number of carbonyl (C=O) groups is 1. The van der Waals surface area contributed by atoms with Gasteiger partial charge in [-0.15, -0.1) is 0 Å². The normalized spacial score (nSPS) is 10.9. The Morgan fingerprint density at radius 2 is 1.88 bits per heavy atom. The van der Waals surface area contributed by atoms with E-state index < -0.39 is 0 Å². The van der Waals surface area contributed by atoms with Gasteiger partial charge in [-0.2, -0.15) is 0 Å². The van der Waals surface area contributed by atoms with Gasteiger partial charge < -0.3 is 4.74 Å². The molecule has 0 unspecified atom stereocenters. The number of benzene rings is 1. The van der Waals surface area contributed by atoms with E-state index in [1.165, 1.54) is 24.6 Å². The number of methoxy groups -OCH3 is 1. The van der Waals surface area contributed by atoms with Gasteiger partial charge in [0.2, 0.25) is 0 Å². The van der Waals surface area contributed by atoms with Gasteiger partial charge in [0.1, 0.15) is 10.9 Å². The molecule has 0 aliphatic rings. The van der Waals surface area contributed by atoms with Crippen molar-refractivity contribution in [2.75, 3.05) is 12.4 Å². The monoisotopic (exact) mass is 507 g/mol. The van der Waals surface area contributed by atoms with Gasteiger partial charge in [-0.25, -0.2) is 9.97 Å². The van der Waals surface area contributed by atoms with Crippen molar-refractivity contribution < 1.29 is 9.53 Å². The zero-order chi connectivity index (χ0) is 23.7. The molecule has 7 nitrogen and oxygen atoms in total. The number of hydrogen-bond acceptors (Lipinski definition) is 7. The fraction of sp³-hybridized carbons (Fsp3) is 0.0417. The van der Waals surface area contributed by atoms with Gasteiger partial charge in [-0.05, 0) is 36.4 Å². The van der Waals surface area contributed by atoms with E-state index in [-0.39, 0.29) is 11.1 Å². The molecule has 10 heteroatoms. The van der Waals surface area contributed by atoms with E-state index in [4.69, 9.17) is 27.9 Å². The van der Waals surface area contributed by atoms with Crippen molar-refractivity contribution in [3.05, 3.63) is 83.0 Å². The molecule has 0 saturated carbocycles. The molecule has 0 spiro atoms. The van der Waals surface area contributed by atoms with Crippen LogP contribution in [-0.4, -0.2) is 33.0 Å². The minimum atomic E-state index is -0.328. The Kier molecular flexibility index (Phi) is 6.10. The second-order valence-electron chi connectivity index (χ2n) is 7.15. The van der Waals surface area contributed by atoms with Gasteiger partial charge in [0.15, 0.2) is 5.13 Å². The first-order valence-electron chi connectivity index (χ1n) is 9.99. The zero-order valence-corrected chi connectivity index (χ0v) is 19.9. The average Bonchev–Trinajstić information content (AvgIpc) is 3.26. The van der Waals surface area contributed by atoms with Crippen molar-refractivity contribution in [3.8, 4) is 28.1 Å². The molecule has 1 N–H and O–H groups in total. The average molecular weight is 508 g/mol. The number of pyridine rings is 3. The molecule has 5 aromatic rings. The van der Waals surface area contributed by atoms with Crippen molar-refractivity contribution >= 4 is 55.8 Å². The van der Waals surface area contributed by atoms with E-state index in [1.54, 1.807) is 36.8 Å². The molecule has 168 valence electrons. The summed E-state index contributed by atoms with van der Waals surface area (Å²) >= 11 is 13.4. The minimum absolute atomic E-state index is 0.281. The van der Waals surface area contributed by atoms with Crippen LogP contribution in [0.25, 0.3) is 32.6 Å². The highest BCUT2D eigenvalue weighted by Gasteiger charge is 2.18. The number of fused-ring (bicyclic) bond motifs is 1. The van der Waals surface area contributed by atoms with Crippen LogP contribution in [0.5, 0.6) is 5.75 Å². The smallest absolute Gasteiger partial charge is 0.258 e. The van der Waals surface area contributed by atoms with Gasteiger partial charge in [-0.3, -0.25) is 20.1 Å². The number of halogens is 2. The summed E-state index contributed by atoms with van der Waals surface area (Å²) in [5.74, 6) is 0.154. The molecule has 0 atom stereocenters. The number of anilines is 1. The quantitative estimate of drug-likeness (QED) is 0.277. The number of ether oxygens (including phenoxy) is 1. The largest absolute Gasteiger partial charge is 0.494 e. The predicted molar refractivity (Wildman–Crippen MR) is 135 cm³/mol. The van der Waals surface area contributed by atoms with Crippen LogP contribution in [0.3, 0.4) is 0 Å². The van der Waals surface area contributed by atoms with Crippen LogP contribution in [0.15, 0.2) is 67.3 Å². The van der Waals surface area contributed by atoms with E-state index in [0.717, 1.165) is 21.5 Å². The van der Waals surface area contributed by atoms with Crippen LogP contribution in [-0.2, 0) is 0 Å². The number of hydrogen-bond donors (Lipinski definition) is 1. The number of aromatic nitrogens is 4. The van der Waals surface area contributed by atoms with Crippen molar-refractivity contribution in [2.24, 2.45) is 0 Å². The predicted octanol–water partition coefficient (Wildman–Crippen LogP) is 6.38. The summed E-state index contributed by atoms with van der Waals surface area (Å²) in [7, 11) is 1.53. The fourth-order valence-corrected chi connectivity index (χ4v) is 4.62. The van der Waals surface area contributed by atoms with Crippen LogP contribution < -0.4 is 10.1 Å². The number of rotatable bonds is 5. The molecule has 1 amide bonds. The van der Waals surface area contributed by atoms with Crippen LogP contribution in [0, 0.1) is 0 Å². The highest BCUT2D eigenvalue weighted by Crippen LogP contribution is 2.34. The minimum Gasteiger partial charge on any atom is -0.494 e. The summed E-state index contributed by atoms with van der Waals surface area (Å²) < 4.78 is 6.32. The number of thiazole rings is 1. The van der Waals surface area contributed by atoms with Gasteiger partial charge in [0, 0.05) is 35.3 Å². The van der Waals surface area contributed by atoms with Gasteiger partial charge in [-0.1, -0.05) is 40.6 Å². The van der Waals surface area contributed by atoms with Crippen molar-refractivity contribution in [1.29, 1.82) is 0 Å². The molecule has 0 radical (unpaired) electrons. The number of nitrogens with zero attached hydrogens (tertiary/aromatic N) is 4. The first kappa shape index (κ1) is 22.2. The highest BCUT2D eigenvalue weighted by atomic mass is 35.5. The maximum absolute atomic E-state index is 13.2. The molecule has 1 aromatic carbocycles. The standard InChI is InChI=1S/C24H15Cl2N5O2S/c1-33-20-12-29-22(26)9-16(20)17-11-27-7-6-15(17)23(32)31-24-30-19-4-2-13(8-21(19)34-24)18-5-3-14(25)10-28-18/h2-12H,1H3,(H,30,31,32). The van der Waals surface area contributed by atoms with E-state index >= 15 is 0 Å². The fourth-order valence-electron chi connectivity index (χ4n) is 3.45. The topological polar surface area (TPSA) is 89.9 Å². The lowest BCUT2D eigenvalue weighted by atomic mass is 10.0. The summed E-state index contributed by atoms with van der Waals surface area (Å²) in [6.07, 6.45) is 6.26. The molecule has 4 heterocycles. The van der Waals surface area contributed by atoms with Crippen LogP contribution in [0.2, 0.25) is 10.2 Å². The van der Waals surface area contributed by atoms with E-state index in [0.29, 0.717) is 32.6 Å². The van der Waals surface area contributed by atoms with Crippen LogP contribution in [0.1, 0.15) is 10.4 Å². The Bertz CT molecular complexity index is 1520. The molecule has 0 fully saturated rings. The molecule has 0 aliphatic carbocycles. The SMILES string of the molecule is COc1cnc(Cl)cc1-c1cnccc1C(=O)Nc1nc2ccc(-c3ccc(Cl)cn3)cc2s1. The Morgan fingerprint density at radius 3 is 2.68 bits per heavy atom. The lowest BCUT2D eigenvalue weighted by Gasteiger charge is -2.12. The van der Waals surface area contributed by atoms with Gasteiger partial charge in [0.05, 0.1) is 39.8 Å². The van der Waals surface area contributed by atoms with Crippen molar-refractivity contribution in [3.63, 3.8) is 0 Å². The number of nitrogens with one attached hydrogen (secondary N) is 1. The third-order valence-electron chi connectivity index (χ3n) is 5.04. The Balaban J connectivity index is 1.46. The highest BCUT2D eigenvalue weighted by molar-refractivity contribution is 7.22. The second kappa shape index (κ2) is 9.34. The van der Waals surface area contributed by atoms with Crippen LogP contribution >= 0.6 is 34.5 Å². The third-order valence-corrected chi connectivity index (χ3v) is 6.41. The third kappa shape index (κ3) is 4.43. The lowest BCUT2D eigenvalue weighted by molar-refractivity contribution is 0.102. The zero-order valence-electron chi connectivity index (χ0n) is 17.6. The summed E-state index contributed by atoms with van der Waals surface area (Å²) in [5, 5.41) is 4.23. The molecular weight excluding hydrogens is 493 g/mol. The molecule has 0 bridgehead atoms. The van der Waals surface area contributed by atoms with Gasteiger partial charge >= 0.3 is 0 Å². The van der Waals surface area contributed by atoms with Gasteiger partial charge in [0.25, 0.3) is 5.91 Å². The first-order valence-corrected chi connectivity index (χ1v) is 11.6. The first-order chi connectivity index (χ1) is 16.5. The second-order valence-corrected chi connectivity index (χ2v) is 9.00. The summed E-state index contributed by atoms with van der Waals surface area (Å²) in [4.78, 5) is 30.3. The summed E-state index contributed by atoms with van der Waals surface area (Å²) in [6, 6.07) is 12.7. The van der Waals surface area contributed by atoms with E-state index in [2.05, 4.69) is 25.3 Å². The molecule has 0 aliphatic heterocycles. The Labute approximate surface area is 208 Å². The molecule has 4 aromatic heterocycles. The summed E-state index contributed by atoms with van der Waals surface area (Å²) in [5.41, 5.74) is 4.10. The number of amides is 1. The Hall–Kier alpha value is -3.59. The summed E-state index contributed by atoms with van der Waals surface area (Å²) in [6.45, 7) is 0. The maximum atomic E-state index is 13.2. The van der Waals surface area contributed by atoms with Crippen molar-refractivity contribution in [2.45, 2.75) is 0 Å². The lowest BCUT2D eigenvalue weighted by Crippen LogP contribution is -2.13. The maximum Gasteiger partial charge on any atom is 0.258 e. The number of carbonyl (C=O) groups excluding carboxylic acids is 1.